The van der Waals surface area contributed by atoms with Gasteiger partial charge in [0.1, 0.15) is 6.20 Å². The third kappa shape index (κ3) is 4.56. The normalized spacial score (nSPS) is 12.1. The number of halogens is 1. The van der Waals surface area contributed by atoms with Crippen molar-refractivity contribution in [3.8, 4) is 5.75 Å². The van der Waals surface area contributed by atoms with Gasteiger partial charge in [-0.15, -0.1) is 11.6 Å². The Hall–Kier alpha value is -1.36. The summed E-state index contributed by atoms with van der Waals surface area (Å²) in [6.07, 6.45) is 3.11. The number of nitrogens with zero attached hydrogens (tertiary/aromatic N) is 2. The van der Waals surface area contributed by atoms with Crippen molar-refractivity contribution in [2.45, 2.75) is 19.8 Å². The minimum absolute atomic E-state index is 0.218. The minimum atomic E-state index is -0.544. The van der Waals surface area contributed by atoms with Gasteiger partial charge in [0.2, 0.25) is 5.75 Å². The van der Waals surface area contributed by atoms with Crippen LogP contribution in [0.4, 0.5) is 5.82 Å². The summed E-state index contributed by atoms with van der Waals surface area (Å²) in [5.41, 5.74) is 0. The van der Waals surface area contributed by atoms with E-state index in [1.807, 2.05) is 0 Å². The molecule has 0 amide bonds. The Morgan fingerprint density at radius 3 is 3.00 bits per heavy atom. The van der Waals surface area contributed by atoms with Gasteiger partial charge in [0.05, 0.1) is 6.61 Å². The first-order chi connectivity index (χ1) is 8.15. The number of pyridine rings is 1. The van der Waals surface area contributed by atoms with Crippen LogP contribution in [0.2, 0.25) is 0 Å². The molecule has 0 bridgehead atoms. The van der Waals surface area contributed by atoms with Gasteiger partial charge >= 0.3 is 5.82 Å². The van der Waals surface area contributed by atoms with Crippen LogP contribution in [0.15, 0.2) is 18.3 Å². The van der Waals surface area contributed by atoms with E-state index in [-0.39, 0.29) is 11.6 Å². The predicted octanol–water partition coefficient (Wildman–Crippen LogP) is 3.02. The fourth-order valence-electron chi connectivity index (χ4n) is 1.33. The highest BCUT2D eigenvalue weighted by Crippen LogP contribution is 2.23. The lowest BCUT2D eigenvalue weighted by atomic mass is 10.1. The zero-order valence-corrected chi connectivity index (χ0v) is 10.4. The third-order valence-electron chi connectivity index (χ3n) is 2.39. The molecule has 0 saturated heterocycles. The monoisotopic (exact) mass is 258 g/mol. The van der Waals surface area contributed by atoms with E-state index in [1.54, 1.807) is 12.1 Å². The average Bonchev–Trinajstić information content (AvgIpc) is 2.30. The van der Waals surface area contributed by atoms with E-state index in [2.05, 4.69) is 11.9 Å². The maximum absolute atomic E-state index is 10.7. The average molecular weight is 259 g/mol. The lowest BCUT2D eigenvalue weighted by molar-refractivity contribution is -0.390. The van der Waals surface area contributed by atoms with E-state index >= 15 is 0 Å². The van der Waals surface area contributed by atoms with Crippen molar-refractivity contribution in [3.63, 3.8) is 0 Å². The molecular weight excluding hydrogens is 244 g/mol. The van der Waals surface area contributed by atoms with Crippen molar-refractivity contribution in [3.05, 3.63) is 28.4 Å². The van der Waals surface area contributed by atoms with Gasteiger partial charge in [0.25, 0.3) is 0 Å². The van der Waals surface area contributed by atoms with Gasteiger partial charge < -0.3 is 14.9 Å². The fourth-order valence-corrected chi connectivity index (χ4v) is 1.71. The molecule has 1 heterocycles. The largest absolute Gasteiger partial charge is 0.486 e. The molecule has 17 heavy (non-hydrogen) atoms. The highest BCUT2D eigenvalue weighted by Gasteiger charge is 2.15. The van der Waals surface area contributed by atoms with E-state index in [0.29, 0.717) is 18.4 Å². The Bertz CT molecular complexity index is 373. The first-order valence-corrected chi connectivity index (χ1v) is 5.96. The van der Waals surface area contributed by atoms with Gasteiger partial charge in [-0.2, -0.15) is 0 Å². The predicted molar refractivity (Wildman–Crippen MR) is 65.5 cm³/mol. The summed E-state index contributed by atoms with van der Waals surface area (Å²) in [6.45, 7) is 2.51. The Balaban J connectivity index is 2.49. The number of nitro groups is 1. The van der Waals surface area contributed by atoms with Crippen LogP contribution in [-0.4, -0.2) is 22.4 Å². The van der Waals surface area contributed by atoms with Gasteiger partial charge in [-0.05, 0) is 40.8 Å². The van der Waals surface area contributed by atoms with E-state index in [1.165, 1.54) is 6.20 Å². The van der Waals surface area contributed by atoms with Crippen molar-refractivity contribution in [2.75, 3.05) is 12.5 Å². The molecule has 1 rings (SSSR count). The Morgan fingerprint density at radius 2 is 2.35 bits per heavy atom. The van der Waals surface area contributed by atoms with Crippen molar-refractivity contribution in [2.24, 2.45) is 5.92 Å². The summed E-state index contributed by atoms with van der Waals surface area (Å²) in [7, 11) is 0. The number of aromatic nitrogens is 1. The molecule has 0 N–H and O–H groups in total. The molecular formula is C11H15ClN2O3. The van der Waals surface area contributed by atoms with E-state index in [0.717, 1.165) is 12.8 Å². The van der Waals surface area contributed by atoms with Gasteiger partial charge in [-0.25, -0.2) is 0 Å². The van der Waals surface area contributed by atoms with Crippen LogP contribution in [-0.2, 0) is 0 Å². The maximum atomic E-state index is 10.7. The second-order valence-electron chi connectivity index (χ2n) is 3.80. The summed E-state index contributed by atoms with van der Waals surface area (Å²) in [6, 6.07) is 3.17. The van der Waals surface area contributed by atoms with Gasteiger partial charge in [0.15, 0.2) is 0 Å². The Labute approximate surface area is 105 Å². The second-order valence-corrected chi connectivity index (χ2v) is 4.18. The molecule has 5 nitrogen and oxygen atoms in total. The smallest absolute Gasteiger partial charge is 0.406 e. The summed E-state index contributed by atoms with van der Waals surface area (Å²) in [4.78, 5) is 13.8. The van der Waals surface area contributed by atoms with Crippen LogP contribution in [0.5, 0.6) is 5.75 Å². The standard InChI is InChI=1S/C11H15ClN2O3/c1-9(4-6-12)5-8-17-10-3-2-7-13-11(10)14(15)16/h2-3,7,9H,4-6,8H2,1H3. The molecule has 0 saturated carbocycles. The topological polar surface area (TPSA) is 65.3 Å². The van der Waals surface area contributed by atoms with Crippen LogP contribution in [0.1, 0.15) is 19.8 Å². The van der Waals surface area contributed by atoms with Crippen LogP contribution < -0.4 is 4.74 Å². The van der Waals surface area contributed by atoms with Crippen molar-refractivity contribution < 1.29 is 9.66 Å². The molecule has 0 aliphatic rings. The minimum Gasteiger partial charge on any atom is -0.486 e. The molecule has 0 radical (unpaired) electrons. The first kappa shape index (κ1) is 13.7. The molecule has 1 unspecified atom stereocenters. The summed E-state index contributed by atoms with van der Waals surface area (Å²) < 4.78 is 5.37. The third-order valence-corrected chi connectivity index (χ3v) is 2.61. The number of rotatable bonds is 7. The zero-order chi connectivity index (χ0) is 12.7. The quantitative estimate of drug-likeness (QED) is 0.428. The van der Waals surface area contributed by atoms with Crippen LogP contribution in [0.25, 0.3) is 0 Å². The van der Waals surface area contributed by atoms with Crippen LogP contribution in [0.3, 0.4) is 0 Å². The molecule has 0 aromatic carbocycles. The lowest BCUT2D eigenvalue weighted by Crippen LogP contribution is -2.06. The molecule has 1 aromatic heterocycles. The van der Waals surface area contributed by atoms with Crippen LogP contribution >= 0.6 is 11.6 Å². The molecule has 1 aromatic rings. The zero-order valence-electron chi connectivity index (χ0n) is 9.63. The van der Waals surface area contributed by atoms with Crippen LogP contribution in [0, 0.1) is 16.0 Å². The number of ether oxygens (including phenoxy) is 1. The van der Waals surface area contributed by atoms with Gasteiger partial charge in [-0.1, -0.05) is 6.92 Å². The molecule has 94 valence electrons. The Morgan fingerprint density at radius 1 is 1.59 bits per heavy atom. The van der Waals surface area contributed by atoms with E-state index in [4.69, 9.17) is 16.3 Å². The summed E-state index contributed by atoms with van der Waals surface area (Å²) in [5, 5.41) is 10.7. The SMILES string of the molecule is CC(CCCl)CCOc1cccnc1[N+](=O)[O-]. The fraction of sp³-hybridized carbons (Fsp3) is 0.545. The van der Waals surface area contributed by atoms with Gasteiger partial charge in [-0.3, -0.25) is 0 Å². The van der Waals surface area contributed by atoms with Crippen molar-refractivity contribution >= 4 is 17.4 Å². The number of hydrogen-bond donors (Lipinski definition) is 0. The number of hydrogen-bond acceptors (Lipinski definition) is 4. The molecule has 0 aliphatic carbocycles. The summed E-state index contributed by atoms with van der Waals surface area (Å²) >= 11 is 5.62. The molecule has 0 spiro atoms. The maximum Gasteiger partial charge on any atom is 0.406 e. The van der Waals surface area contributed by atoms with E-state index < -0.39 is 4.92 Å². The Kier molecular flexibility index (Phi) is 5.69. The highest BCUT2D eigenvalue weighted by molar-refractivity contribution is 6.17. The lowest BCUT2D eigenvalue weighted by Gasteiger charge is -2.10. The van der Waals surface area contributed by atoms with Gasteiger partial charge in [0, 0.05) is 5.88 Å². The van der Waals surface area contributed by atoms with Crippen molar-refractivity contribution in [1.82, 2.24) is 4.98 Å². The molecule has 1 atom stereocenters. The number of alkyl halides is 1. The molecule has 0 aliphatic heterocycles. The summed E-state index contributed by atoms with van der Waals surface area (Å²) in [5.74, 6) is 1.05. The first-order valence-electron chi connectivity index (χ1n) is 5.43. The van der Waals surface area contributed by atoms with E-state index in [9.17, 15) is 10.1 Å². The second kappa shape index (κ2) is 7.06. The molecule has 6 heteroatoms. The highest BCUT2D eigenvalue weighted by atomic mass is 35.5. The van der Waals surface area contributed by atoms with Crippen molar-refractivity contribution in [1.29, 1.82) is 0 Å². The molecule has 0 fully saturated rings.